The highest BCUT2D eigenvalue weighted by atomic mass is 35.5. The predicted octanol–water partition coefficient (Wildman–Crippen LogP) is 2.92. The largest absolute Gasteiger partial charge is 0.397 e. The van der Waals surface area contributed by atoms with E-state index in [0.29, 0.717) is 18.8 Å². The maximum absolute atomic E-state index is 13.2. The summed E-state index contributed by atoms with van der Waals surface area (Å²) in [7, 11) is 1.64. The Morgan fingerprint density at radius 2 is 2.12 bits per heavy atom. The smallest absolute Gasteiger partial charge is 0.143 e. The molecular formula is C12H18ClFN2O. The van der Waals surface area contributed by atoms with Crippen molar-refractivity contribution in [3.8, 4) is 0 Å². The van der Waals surface area contributed by atoms with Gasteiger partial charge in [0.05, 0.1) is 23.0 Å². The van der Waals surface area contributed by atoms with Crippen LogP contribution in [0.25, 0.3) is 0 Å². The van der Waals surface area contributed by atoms with Crippen LogP contribution in [0.2, 0.25) is 5.02 Å². The van der Waals surface area contributed by atoms with Gasteiger partial charge in [0.25, 0.3) is 0 Å². The summed E-state index contributed by atoms with van der Waals surface area (Å²) >= 11 is 5.78. The van der Waals surface area contributed by atoms with E-state index in [1.165, 1.54) is 6.07 Å². The van der Waals surface area contributed by atoms with Crippen molar-refractivity contribution >= 4 is 23.0 Å². The van der Waals surface area contributed by atoms with Gasteiger partial charge in [0.2, 0.25) is 0 Å². The van der Waals surface area contributed by atoms with E-state index in [4.69, 9.17) is 22.1 Å². The van der Waals surface area contributed by atoms with Crippen LogP contribution in [0.4, 0.5) is 15.8 Å². The van der Waals surface area contributed by atoms with Crippen molar-refractivity contribution in [1.82, 2.24) is 0 Å². The molecule has 0 radical (unpaired) electrons. The fourth-order valence-corrected chi connectivity index (χ4v) is 1.80. The van der Waals surface area contributed by atoms with Gasteiger partial charge in [0.15, 0.2) is 0 Å². The zero-order valence-corrected chi connectivity index (χ0v) is 11.1. The van der Waals surface area contributed by atoms with Crippen LogP contribution in [0.1, 0.15) is 13.8 Å². The van der Waals surface area contributed by atoms with Gasteiger partial charge in [-0.2, -0.15) is 0 Å². The Labute approximate surface area is 106 Å². The zero-order chi connectivity index (χ0) is 13.0. The molecule has 1 aromatic carbocycles. The van der Waals surface area contributed by atoms with E-state index in [1.807, 2.05) is 18.7 Å². The molecule has 0 aliphatic heterocycles. The predicted molar refractivity (Wildman–Crippen MR) is 70.2 cm³/mol. The second-order valence-electron chi connectivity index (χ2n) is 4.11. The van der Waals surface area contributed by atoms with E-state index < -0.39 is 5.82 Å². The first-order valence-corrected chi connectivity index (χ1v) is 5.85. The number of ether oxygens (including phenoxy) is 1. The average molecular weight is 261 g/mol. The third kappa shape index (κ3) is 3.48. The highest BCUT2D eigenvalue weighted by Gasteiger charge is 2.15. The normalized spacial score (nSPS) is 10.9. The van der Waals surface area contributed by atoms with Gasteiger partial charge in [-0.05, 0) is 19.9 Å². The number of hydrogen-bond donors (Lipinski definition) is 1. The molecule has 0 fully saturated rings. The second-order valence-corrected chi connectivity index (χ2v) is 4.51. The van der Waals surface area contributed by atoms with E-state index in [2.05, 4.69) is 0 Å². The fourth-order valence-electron chi connectivity index (χ4n) is 1.65. The summed E-state index contributed by atoms with van der Waals surface area (Å²) < 4.78 is 18.3. The molecule has 2 N–H and O–H groups in total. The topological polar surface area (TPSA) is 38.5 Å². The fraction of sp³-hybridized carbons (Fsp3) is 0.500. The summed E-state index contributed by atoms with van der Waals surface area (Å²) in [6, 6.07) is 3.04. The molecule has 0 amide bonds. The maximum atomic E-state index is 13.2. The second kappa shape index (κ2) is 6.07. The van der Waals surface area contributed by atoms with Gasteiger partial charge in [0, 0.05) is 25.8 Å². The summed E-state index contributed by atoms with van der Waals surface area (Å²) in [5, 5.41) is 0.0808. The Morgan fingerprint density at radius 3 is 2.65 bits per heavy atom. The van der Waals surface area contributed by atoms with E-state index in [1.54, 1.807) is 13.2 Å². The molecule has 0 saturated heterocycles. The van der Waals surface area contributed by atoms with Gasteiger partial charge < -0.3 is 15.4 Å². The first-order valence-electron chi connectivity index (χ1n) is 5.47. The molecule has 1 rings (SSSR count). The summed E-state index contributed by atoms with van der Waals surface area (Å²) in [6.07, 6.45) is 0. The van der Waals surface area contributed by atoms with Crippen LogP contribution >= 0.6 is 11.6 Å². The zero-order valence-electron chi connectivity index (χ0n) is 10.3. The van der Waals surface area contributed by atoms with Crippen molar-refractivity contribution in [2.24, 2.45) is 0 Å². The molecule has 0 heterocycles. The molecule has 0 bridgehead atoms. The number of nitrogens with two attached hydrogens (primary N) is 1. The van der Waals surface area contributed by atoms with Crippen LogP contribution in [-0.2, 0) is 4.74 Å². The first-order chi connectivity index (χ1) is 7.97. The van der Waals surface area contributed by atoms with Crippen molar-refractivity contribution in [3.63, 3.8) is 0 Å². The minimum Gasteiger partial charge on any atom is -0.397 e. The molecule has 0 aliphatic carbocycles. The van der Waals surface area contributed by atoms with Crippen LogP contribution in [0.5, 0.6) is 0 Å². The number of rotatable bonds is 5. The van der Waals surface area contributed by atoms with Crippen molar-refractivity contribution in [3.05, 3.63) is 23.0 Å². The summed E-state index contributed by atoms with van der Waals surface area (Å²) in [4.78, 5) is 2.03. The van der Waals surface area contributed by atoms with Gasteiger partial charge in [-0.3, -0.25) is 0 Å². The van der Waals surface area contributed by atoms with Gasteiger partial charge in [-0.25, -0.2) is 4.39 Å². The molecule has 17 heavy (non-hydrogen) atoms. The molecule has 3 nitrogen and oxygen atoms in total. The summed E-state index contributed by atoms with van der Waals surface area (Å²) in [5.41, 5.74) is 6.94. The monoisotopic (exact) mass is 260 g/mol. The number of benzene rings is 1. The van der Waals surface area contributed by atoms with Crippen LogP contribution in [0.3, 0.4) is 0 Å². The average Bonchev–Trinajstić information content (AvgIpc) is 2.25. The third-order valence-electron chi connectivity index (χ3n) is 2.54. The lowest BCUT2D eigenvalue weighted by Crippen LogP contribution is -2.34. The lowest BCUT2D eigenvalue weighted by Gasteiger charge is -2.30. The first kappa shape index (κ1) is 14.1. The molecule has 0 saturated carbocycles. The highest BCUT2D eigenvalue weighted by molar-refractivity contribution is 6.31. The van der Waals surface area contributed by atoms with Crippen LogP contribution in [0, 0.1) is 5.82 Å². The molecule has 0 spiro atoms. The van der Waals surface area contributed by atoms with Gasteiger partial charge >= 0.3 is 0 Å². The van der Waals surface area contributed by atoms with Crippen molar-refractivity contribution in [1.29, 1.82) is 0 Å². The minimum atomic E-state index is -0.497. The quantitative estimate of drug-likeness (QED) is 0.828. The summed E-state index contributed by atoms with van der Waals surface area (Å²) in [5.74, 6) is -0.497. The Balaban J connectivity index is 3.05. The standard InChI is InChI=1S/C12H18ClFN2O/c1-8(2)16(4-5-17-3)12-6-9(13)10(14)7-11(12)15/h6-8H,4-5,15H2,1-3H3. The summed E-state index contributed by atoms with van der Waals surface area (Å²) in [6.45, 7) is 5.33. The van der Waals surface area contributed by atoms with E-state index in [9.17, 15) is 4.39 Å². The third-order valence-corrected chi connectivity index (χ3v) is 2.83. The Morgan fingerprint density at radius 1 is 1.47 bits per heavy atom. The number of nitrogen functional groups attached to an aromatic ring is 1. The molecule has 5 heteroatoms. The SMILES string of the molecule is COCCN(c1cc(Cl)c(F)cc1N)C(C)C. The van der Waals surface area contributed by atoms with E-state index >= 15 is 0 Å². The van der Waals surface area contributed by atoms with Crippen molar-refractivity contribution < 1.29 is 9.13 Å². The lowest BCUT2D eigenvalue weighted by molar-refractivity contribution is 0.204. The van der Waals surface area contributed by atoms with Gasteiger partial charge in [0.1, 0.15) is 5.82 Å². The Bertz CT molecular complexity index is 385. The Hall–Kier alpha value is -1.00. The molecule has 0 aromatic heterocycles. The Kier molecular flexibility index (Phi) is 5.02. The molecular weight excluding hydrogens is 243 g/mol. The molecule has 0 atom stereocenters. The van der Waals surface area contributed by atoms with E-state index in [0.717, 1.165) is 5.69 Å². The van der Waals surface area contributed by atoms with Crippen LogP contribution < -0.4 is 10.6 Å². The number of methoxy groups -OCH3 is 1. The van der Waals surface area contributed by atoms with Crippen molar-refractivity contribution in [2.45, 2.75) is 19.9 Å². The molecule has 0 unspecified atom stereocenters. The van der Waals surface area contributed by atoms with Gasteiger partial charge in [-0.15, -0.1) is 0 Å². The number of anilines is 2. The molecule has 96 valence electrons. The highest BCUT2D eigenvalue weighted by Crippen LogP contribution is 2.30. The van der Waals surface area contributed by atoms with Gasteiger partial charge in [-0.1, -0.05) is 11.6 Å². The van der Waals surface area contributed by atoms with Crippen LogP contribution in [-0.4, -0.2) is 26.3 Å². The minimum absolute atomic E-state index is 0.0808. The number of halogens is 2. The number of nitrogens with zero attached hydrogens (tertiary/aromatic N) is 1. The van der Waals surface area contributed by atoms with Crippen LogP contribution in [0.15, 0.2) is 12.1 Å². The molecule has 1 aromatic rings. The van der Waals surface area contributed by atoms with E-state index in [-0.39, 0.29) is 11.1 Å². The number of hydrogen-bond acceptors (Lipinski definition) is 3. The molecule has 0 aliphatic rings. The maximum Gasteiger partial charge on any atom is 0.143 e. The van der Waals surface area contributed by atoms with Crippen molar-refractivity contribution in [2.75, 3.05) is 30.9 Å². The lowest BCUT2D eigenvalue weighted by atomic mass is 10.2.